The minimum Gasteiger partial charge on any atom is -0.508 e. The van der Waals surface area contributed by atoms with Crippen LogP contribution in [0.25, 0.3) is 0 Å². The molecule has 0 unspecified atom stereocenters. The molecule has 2 aromatic rings. The highest BCUT2D eigenvalue weighted by molar-refractivity contribution is 5.89. The van der Waals surface area contributed by atoms with Gasteiger partial charge in [-0.3, -0.25) is 0 Å². The zero-order valence-electron chi connectivity index (χ0n) is 14.2. The Bertz CT molecular complexity index is 717. The van der Waals surface area contributed by atoms with Crippen molar-refractivity contribution in [1.29, 1.82) is 0 Å². The van der Waals surface area contributed by atoms with Crippen LogP contribution in [0.5, 0.6) is 5.75 Å². The predicted octanol–water partition coefficient (Wildman–Crippen LogP) is 4.23. The Morgan fingerprint density at radius 2 is 1.79 bits per heavy atom. The minimum absolute atomic E-state index is 0.303. The molecule has 0 fully saturated rings. The van der Waals surface area contributed by atoms with E-state index in [9.17, 15) is 9.90 Å². The first kappa shape index (κ1) is 16.6. The third-order valence-electron chi connectivity index (χ3n) is 4.89. The molecule has 0 heterocycles. The number of aryl methyl sites for hydroxylation is 2. The highest BCUT2D eigenvalue weighted by Gasteiger charge is 2.16. The number of carbonyl (C=O) groups is 1. The molecule has 0 spiro atoms. The van der Waals surface area contributed by atoms with Crippen LogP contribution in [0.1, 0.15) is 51.9 Å². The predicted molar refractivity (Wildman–Crippen MR) is 94.6 cm³/mol. The molecule has 2 aromatic carbocycles. The average molecular weight is 324 g/mol. The third kappa shape index (κ3) is 3.61. The van der Waals surface area contributed by atoms with Gasteiger partial charge in [0.05, 0.1) is 12.7 Å². The lowest BCUT2D eigenvalue weighted by molar-refractivity contribution is 0.0600. The summed E-state index contributed by atoms with van der Waals surface area (Å²) >= 11 is 0. The Balaban J connectivity index is 1.63. The molecule has 0 bridgehead atoms. The number of hydrogen-bond acceptors (Lipinski definition) is 3. The van der Waals surface area contributed by atoms with E-state index in [1.807, 2.05) is 30.3 Å². The Kier molecular flexibility index (Phi) is 5.19. The van der Waals surface area contributed by atoms with E-state index in [1.54, 1.807) is 0 Å². The Morgan fingerprint density at radius 3 is 2.54 bits per heavy atom. The van der Waals surface area contributed by atoms with Gasteiger partial charge in [0.15, 0.2) is 0 Å². The maximum Gasteiger partial charge on any atom is 0.337 e. The van der Waals surface area contributed by atoms with Crippen molar-refractivity contribution in [2.24, 2.45) is 0 Å². The van der Waals surface area contributed by atoms with Gasteiger partial charge in [0.25, 0.3) is 0 Å². The second kappa shape index (κ2) is 7.52. The maximum absolute atomic E-state index is 11.4. The number of aromatic hydroxyl groups is 1. The topological polar surface area (TPSA) is 46.5 Å². The van der Waals surface area contributed by atoms with Crippen molar-refractivity contribution in [2.45, 2.75) is 44.9 Å². The first-order valence-electron chi connectivity index (χ1n) is 8.69. The lowest BCUT2D eigenvalue weighted by Crippen LogP contribution is -2.07. The first-order valence-corrected chi connectivity index (χ1v) is 8.69. The zero-order chi connectivity index (χ0) is 16.9. The number of carbonyl (C=O) groups excluding carboxylic acids is 1. The molecule has 0 aliphatic heterocycles. The van der Waals surface area contributed by atoms with Crippen LogP contribution >= 0.6 is 0 Å². The van der Waals surface area contributed by atoms with Gasteiger partial charge in [-0.2, -0.15) is 0 Å². The van der Waals surface area contributed by atoms with Crippen molar-refractivity contribution < 1.29 is 14.6 Å². The van der Waals surface area contributed by atoms with Gasteiger partial charge in [-0.15, -0.1) is 0 Å². The minimum atomic E-state index is -0.303. The summed E-state index contributed by atoms with van der Waals surface area (Å²) in [5.74, 6) is 0.138. The SMILES string of the molecule is COC(=O)c1ccc(CCCc2c(O)ccc3c2CCCC3)cc1. The quantitative estimate of drug-likeness (QED) is 0.837. The summed E-state index contributed by atoms with van der Waals surface area (Å²) in [6.45, 7) is 0. The van der Waals surface area contributed by atoms with Crippen molar-refractivity contribution in [3.63, 3.8) is 0 Å². The molecule has 0 saturated carbocycles. The van der Waals surface area contributed by atoms with Gasteiger partial charge in [-0.25, -0.2) is 4.79 Å². The number of ether oxygens (including phenoxy) is 1. The van der Waals surface area contributed by atoms with Gasteiger partial charge in [-0.1, -0.05) is 18.2 Å². The lowest BCUT2D eigenvalue weighted by Gasteiger charge is -2.20. The van der Waals surface area contributed by atoms with E-state index < -0.39 is 0 Å². The summed E-state index contributed by atoms with van der Waals surface area (Å²) in [5, 5.41) is 10.2. The number of rotatable bonds is 5. The normalized spacial score (nSPS) is 13.4. The molecule has 1 aliphatic carbocycles. The van der Waals surface area contributed by atoms with Crippen LogP contribution in [0.15, 0.2) is 36.4 Å². The number of phenolic OH excluding ortho intramolecular Hbond substituents is 1. The average Bonchev–Trinajstić information content (AvgIpc) is 2.63. The van der Waals surface area contributed by atoms with E-state index in [4.69, 9.17) is 4.74 Å². The molecule has 0 aromatic heterocycles. The van der Waals surface area contributed by atoms with Crippen LogP contribution in [0.4, 0.5) is 0 Å². The maximum atomic E-state index is 11.4. The van der Waals surface area contributed by atoms with Crippen molar-refractivity contribution in [3.8, 4) is 5.75 Å². The van der Waals surface area contributed by atoms with Gasteiger partial charge < -0.3 is 9.84 Å². The van der Waals surface area contributed by atoms with E-state index >= 15 is 0 Å². The molecule has 0 amide bonds. The standard InChI is InChI=1S/C21H24O3/c1-24-21(23)17-11-9-15(10-12-17)5-4-8-19-18-7-3-2-6-16(18)13-14-20(19)22/h9-14,22H,2-8H2,1H3. The van der Waals surface area contributed by atoms with Crippen molar-refractivity contribution in [3.05, 3.63) is 64.2 Å². The van der Waals surface area contributed by atoms with Gasteiger partial charge in [0, 0.05) is 0 Å². The summed E-state index contributed by atoms with van der Waals surface area (Å²) < 4.78 is 4.71. The van der Waals surface area contributed by atoms with Gasteiger partial charge in [0.2, 0.25) is 0 Å². The summed E-state index contributed by atoms with van der Waals surface area (Å²) in [6.07, 6.45) is 7.52. The highest BCUT2D eigenvalue weighted by atomic mass is 16.5. The Morgan fingerprint density at radius 1 is 1.04 bits per heavy atom. The molecule has 1 N–H and O–H groups in total. The molecular formula is C21H24O3. The van der Waals surface area contributed by atoms with Crippen LogP contribution < -0.4 is 0 Å². The molecule has 24 heavy (non-hydrogen) atoms. The molecule has 0 radical (unpaired) electrons. The van der Waals surface area contributed by atoms with Crippen molar-refractivity contribution in [1.82, 2.24) is 0 Å². The smallest absolute Gasteiger partial charge is 0.337 e. The first-order chi connectivity index (χ1) is 11.7. The lowest BCUT2D eigenvalue weighted by atomic mass is 9.86. The van der Waals surface area contributed by atoms with E-state index in [0.29, 0.717) is 11.3 Å². The molecule has 1 aliphatic rings. The zero-order valence-corrected chi connectivity index (χ0v) is 14.2. The van der Waals surface area contributed by atoms with E-state index in [0.717, 1.165) is 37.7 Å². The number of methoxy groups -OCH3 is 1. The van der Waals surface area contributed by atoms with Gasteiger partial charge in [0.1, 0.15) is 5.75 Å². The number of hydrogen-bond donors (Lipinski definition) is 1. The third-order valence-corrected chi connectivity index (χ3v) is 4.89. The summed E-state index contributed by atoms with van der Waals surface area (Å²) in [7, 11) is 1.39. The van der Waals surface area contributed by atoms with Crippen LogP contribution in [0.3, 0.4) is 0 Å². The number of phenols is 1. The van der Waals surface area contributed by atoms with Gasteiger partial charge in [-0.05, 0) is 85.4 Å². The second-order valence-corrected chi connectivity index (χ2v) is 6.45. The number of benzene rings is 2. The van der Waals surface area contributed by atoms with Crippen molar-refractivity contribution in [2.75, 3.05) is 7.11 Å². The fraction of sp³-hybridized carbons (Fsp3) is 0.381. The molecule has 0 saturated heterocycles. The van der Waals surface area contributed by atoms with E-state index in [-0.39, 0.29) is 5.97 Å². The Hall–Kier alpha value is -2.29. The second-order valence-electron chi connectivity index (χ2n) is 6.45. The largest absolute Gasteiger partial charge is 0.508 e. The van der Waals surface area contributed by atoms with E-state index in [2.05, 4.69) is 6.07 Å². The Labute approximate surface area is 143 Å². The highest BCUT2D eigenvalue weighted by Crippen LogP contribution is 2.31. The molecule has 3 nitrogen and oxygen atoms in total. The summed E-state index contributed by atoms with van der Waals surface area (Å²) in [6, 6.07) is 11.5. The van der Waals surface area contributed by atoms with Gasteiger partial charge >= 0.3 is 5.97 Å². The molecule has 0 atom stereocenters. The summed E-state index contributed by atoms with van der Waals surface area (Å²) in [4.78, 5) is 11.4. The fourth-order valence-corrected chi connectivity index (χ4v) is 3.57. The number of fused-ring (bicyclic) bond motifs is 1. The van der Waals surface area contributed by atoms with Crippen molar-refractivity contribution >= 4 is 5.97 Å². The molecule has 3 heteroatoms. The fourth-order valence-electron chi connectivity index (χ4n) is 3.57. The number of esters is 1. The van der Waals surface area contributed by atoms with Crippen LogP contribution in [-0.4, -0.2) is 18.2 Å². The van der Waals surface area contributed by atoms with Crippen LogP contribution in [0.2, 0.25) is 0 Å². The molecular weight excluding hydrogens is 300 g/mol. The van der Waals surface area contributed by atoms with E-state index in [1.165, 1.54) is 36.6 Å². The van der Waals surface area contributed by atoms with Crippen LogP contribution in [-0.2, 0) is 30.4 Å². The monoisotopic (exact) mass is 324 g/mol. The van der Waals surface area contributed by atoms with Crippen LogP contribution in [0, 0.1) is 0 Å². The molecule has 3 rings (SSSR count). The summed E-state index contributed by atoms with van der Waals surface area (Å²) in [5.41, 5.74) is 5.71. The molecule has 126 valence electrons.